The summed E-state index contributed by atoms with van der Waals surface area (Å²) in [6.45, 7) is 1.15. The fraction of sp³-hybridized carbons (Fsp3) is 0.188. The molecule has 3 N–H and O–H groups in total. The highest BCUT2D eigenvalue weighted by Crippen LogP contribution is 2.20. The van der Waals surface area contributed by atoms with E-state index in [0.29, 0.717) is 18.7 Å². The molecule has 0 aromatic heterocycles. The van der Waals surface area contributed by atoms with Gasteiger partial charge in [-0.1, -0.05) is 56.1 Å². The lowest BCUT2D eigenvalue weighted by atomic mass is 10.1. The zero-order chi connectivity index (χ0) is 15.2. The van der Waals surface area contributed by atoms with Gasteiger partial charge in [0.15, 0.2) is 0 Å². The second-order valence-electron chi connectivity index (χ2n) is 4.70. The first kappa shape index (κ1) is 16.2. The van der Waals surface area contributed by atoms with Gasteiger partial charge in [-0.25, -0.2) is 0 Å². The predicted octanol–water partition coefficient (Wildman–Crippen LogP) is 3.64. The standard InChI is InChI=1S/C16H16Br2N2O/c17-14-7-13(8-15(18)9-14)16(21)20-10-12-3-1-11(2-4-12)5-6-19/h1-4,7-9H,5-6,10,19H2,(H,20,21). The van der Waals surface area contributed by atoms with Gasteiger partial charge in [-0.05, 0) is 42.3 Å². The summed E-state index contributed by atoms with van der Waals surface area (Å²) in [7, 11) is 0. The SMILES string of the molecule is NCCc1ccc(CNC(=O)c2cc(Br)cc(Br)c2)cc1. The summed E-state index contributed by atoms with van der Waals surface area (Å²) in [5.41, 5.74) is 8.42. The molecule has 21 heavy (non-hydrogen) atoms. The molecule has 3 nitrogen and oxygen atoms in total. The number of carbonyl (C=O) groups is 1. The molecule has 2 aromatic rings. The van der Waals surface area contributed by atoms with Gasteiger partial charge < -0.3 is 11.1 Å². The summed E-state index contributed by atoms with van der Waals surface area (Å²) < 4.78 is 1.74. The van der Waals surface area contributed by atoms with Gasteiger partial charge in [0.1, 0.15) is 0 Å². The molecule has 1 amide bonds. The van der Waals surface area contributed by atoms with E-state index in [1.165, 1.54) is 5.56 Å². The van der Waals surface area contributed by atoms with Crippen LogP contribution in [0, 0.1) is 0 Å². The van der Waals surface area contributed by atoms with Gasteiger partial charge in [0.05, 0.1) is 0 Å². The van der Waals surface area contributed by atoms with Gasteiger partial charge in [0, 0.05) is 21.1 Å². The summed E-state index contributed by atoms with van der Waals surface area (Å²) in [6, 6.07) is 13.6. The van der Waals surface area contributed by atoms with Gasteiger partial charge in [-0.2, -0.15) is 0 Å². The van der Waals surface area contributed by atoms with Crippen molar-refractivity contribution in [1.29, 1.82) is 0 Å². The highest BCUT2D eigenvalue weighted by Gasteiger charge is 2.07. The molecule has 0 unspecified atom stereocenters. The quantitative estimate of drug-likeness (QED) is 0.788. The number of carbonyl (C=O) groups excluding carboxylic acids is 1. The number of amides is 1. The van der Waals surface area contributed by atoms with E-state index in [4.69, 9.17) is 5.73 Å². The van der Waals surface area contributed by atoms with Gasteiger partial charge in [-0.15, -0.1) is 0 Å². The zero-order valence-corrected chi connectivity index (χ0v) is 14.6. The van der Waals surface area contributed by atoms with E-state index in [9.17, 15) is 4.79 Å². The minimum absolute atomic E-state index is 0.0944. The number of rotatable bonds is 5. The maximum Gasteiger partial charge on any atom is 0.251 e. The van der Waals surface area contributed by atoms with Crippen LogP contribution < -0.4 is 11.1 Å². The molecule has 0 saturated heterocycles. The fourth-order valence-corrected chi connectivity index (χ4v) is 3.25. The monoisotopic (exact) mass is 410 g/mol. The lowest BCUT2D eigenvalue weighted by Crippen LogP contribution is -2.22. The highest BCUT2D eigenvalue weighted by atomic mass is 79.9. The van der Waals surface area contributed by atoms with E-state index in [0.717, 1.165) is 20.9 Å². The topological polar surface area (TPSA) is 55.1 Å². The van der Waals surface area contributed by atoms with Gasteiger partial charge >= 0.3 is 0 Å². The average Bonchev–Trinajstić information content (AvgIpc) is 2.45. The van der Waals surface area contributed by atoms with Crippen LogP contribution in [-0.4, -0.2) is 12.5 Å². The Labute approximate surface area is 141 Å². The molecule has 0 atom stereocenters. The van der Waals surface area contributed by atoms with E-state index in [2.05, 4.69) is 37.2 Å². The minimum Gasteiger partial charge on any atom is -0.348 e. The van der Waals surface area contributed by atoms with Crippen LogP contribution in [0.1, 0.15) is 21.5 Å². The smallest absolute Gasteiger partial charge is 0.251 e. The molecule has 2 rings (SSSR count). The summed E-state index contributed by atoms with van der Waals surface area (Å²) >= 11 is 6.76. The van der Waals surface area contributed by atoms with E-state index in [-0.39, 0.29) is 5.91 Å². The van der Waals surface area contributed by atoms with Gasteiger partial charge in [0.2, 0.25) is 0 Å². The van der Waals surface area contributed by atoms with Crippen LogP contribution in [0.3, 0.4) is 0 Å². The Morgan fingerprint density at radius 3 is 2.14 bits per heavy atom. The van der Waals surface area contributed by atoms with Gasteiger partial charge in [-0.3, -0.25) is 4.79 Å². The first-order chi connectivity index (χ1) is 10.1. The molecule has 0 fully saturated rings. The van der Waals surface area contributed by atoms with Crippen molar-refractivity contribution >= 4 is 37.8 Å². The molecule has 5 heteroatoms. The second-order valence-corrected chi connectivity index (χ2v) is 6.53. The fourth-order valence-electron chi connectivity index (χ4n) is 1.96. The van der Waals surface area contributed by atoms with Crippen LogP contribution in [0.25, 0.3) is 0 Å². The zero-order valence-electron chi connectivity index (χ0n) is 11.4. The molecular weight excluding hydrogens is 396 g/mol. The molecule has 110 valence electrons. The largest absolute Gasteiger partial charge is 0.348 e. The average molecular weight is 412 g/mol. The molecule has 0 radical (unpaired) electrons. The van der Waals surface area contributed by atoms with Crippen LogP contribution in [0.2, 0.25) is 0 Å². The normalized spacial score (nSPS) is 10.4. The maximum absolute atomic E-state index is 12.1. The first-order valence-electron chi connectivity index (χ1n) is 6.60. The Balaban J connectivity index is 1.97. The Morgan fingerprint density at radius 2 is 1.57 bits per heavy atom. The highest BCUT2D eigenvalue weighted by molar-refractivity contribution is 9.11. The molecule has 0 heterocycles. The Bertz CT molecular complexity index is 606. The maximum atomic E-state index is 12.1. The lowest BCUT2D eigenvalue weighted by molar-refractivity contribution is 0.0951. The van der Waals surface area contributed by atoms with Crippen LogP contribution in [0.5, 0.6) is 0 Å². The van der Waals surface area contributed by atoms with Crippen molar-refractivity contribution in [2.45, 2.75) is 13.0 Å². The Kier molecular flexibility index (Phi) is 5.96. The molecule has 0 saturated carbocycles. The third-order valence-corrected chi connectivity index (χ3v) is 3.95. The van der Waals surface area contributed by atoms with Crippen molar-refractivity contribution in [3.63, 3.8) is 0 Å². The molecule has 0 aliphatic carbocycles. The molecule has 0 spiro atoms. The third-order valence-electron chi connectivity index (χ3n) is 3.03. The van der Waals surface area contributed by atoms with E-state index in [1.807, 2.05) is 30.3 Å². The number of halogens is 2. The predicted molar refractivity (Wildman–Crippen MR) is 92.2 cm³/mol. The molecule has 0 bridgehead atoms. The van der Waals surface area contributed by atoms with Gasteiger partial charge in [0.25, 0.3) is 5.91 Å². The van der Waals surface area contributed by atoms with Crippen molar-refractivity contribution in [3.05, 3.63) is 68.1 Å². The number of hydrogen-bond donors (Lipinski definition) is 2. The summed E-state index contributed by atoms with van der Waals surface area (Å²) in [4.78, 5) is 12.1. The van der Waals surface area contributed by atoms with Crippen LogP contribution in [-0.2, 0) is 13.0 Å². The van der Waals surface area contributed by atoms with Crippen molar-refractivity contribution in [1.82, 2.24) is 5.32 Å². The molecule has 0 aliphatic heterocycles. The van der Waals surface area contributed by atoms with Crippen molar-refractivity contribution in [3.8, 4) is 0 Å². The van der Waals surface area contributed by atoms with Crippen LogP contribution >= 0.6 is 31.9 Å². The number of nitrogens with one attached hydrogen (secondary N) is 1. The number of benzene rings is 2. The summed E-state index contributed by atoms with van der Waals surface area (Å²) in [5, 5.41) is 2.92. The second kappa shape index (κ2) is 7.73. The Hall–Kier alpha value is -1.17. The van der Waals surface area contributed by atoms with Crippen molar-refractivity contribution < 1.29 is 4.79 Å². The van der Waals surface area contributed by atoms with Crippen LogP contribution in [0.15, 0.2) is 51.4 Å². The summed E-state index contributed by atoms with van der Waals surface area (Å²) in [6.07, 6.45) is 0.874. The van der Waals surface area contributed by atoms with Crippen LogP contribution in [0.4, 0.5) is 0 Å². The molecule has 2 aromatic carbocycles. The molecular formula is C16H16Br2N2O. The molecule has 0 aliphatic rings. The Morgan fingerprint density at radius 1 is 1.00 bits per heavy atom. The first-order valence-corrected chi connectivity index (χ1v) is 8.19. The lowest BCUT2D eigenvalue weighted by Gasteiger charge is -2.07. The minimum atomic E-state index is -0.0944. The number of nitrogens with two attached hydrogens (primary N) is 1. The number of hydrogen-bond acceptors (Lipinski definition) is 2. The van der Waals surface area contributed by atoms with E-state index < -0.39 is 0 Å². The third kappa shape index (κ3) is 4.95. The van der Waals surface area contributed by atoms with E-state index >= 15 is 0 Å². The van der Waals surface area contributed by atoms with E-state index in [1.54, 1.807) is 12.1 Å². The van der Waals surface area contributed by atoms with Crippen molar-refractivity contribution in [2.24, 2.45) is 5.73 Å². The van der Waals surface area contributed by atoms with Crippen molar-refractivity contribution in [2.75, 3.05) is 6.54 Å². The summed E-state index contributed by atoms with van der Waals surface area (Å²) in [5.74, 6) is -0.0944.